The van der Waals surface area contributed by atoms with E-state index in [1.165, 1.54) is 0 Å². The Bertz CT molecular complexity index is 322. The lowest BCUT2D eigenvalue weighted by atomic mass is 9.97. The van der Waals surface area contributed by atoms with Crippen LogP contribution in [0.5, 0.6) is 0 Å². The maximum atomic E-state index is 5.66. The molecule has 15 heavy (non-hydrogen) atoms. The fourth-order valence-electron chi connectivity index (χ4n) is 1.50. The van der Waals surface area contributed by atoms with Crippen molar-refractivity contribution in [3.8, 4) is 0 Å². The lowest BCUT2D eigenvalue weighted by Gasteiger charge is -2.25. The van der Waals surface area contributed by atoms with Crippen molar-refractivity contribution in [1.29, 1.82) is 0 Å². The van der Waals surface area contributed by atoms with Gasteiger partial charge in [-0.3, -0.25) is 0 Å². The fourth-order valence-corrected chi connectivity index (χ4v) is 1.50. The van der Waals surface area contributed by atoms with Crippen molar-refractivity contribution >= 4 is 6.01 Å². The van der Waals surface area contributed by atoms with Crippen LogP contribution < -0.4 is 10.2 Å². The van der Waals surface area contributed by atoms with E-state index in [9.17, 15) is 0 Å². The summed E-state index contributed by atoms with van der Waals surface area (Å²) in [7, 11) is 0. The molecule has 0 saturated carbocycles. The number of nitrogens with one attached hydrogen (secondary N) is 1. The highest BCUT2D eigenvalue weighted by molar-refractivity contribution is 5.25. The Kier molecular flexibility index (Phi) is 2.65. The second kappa shape index (κ2) is 3.81. The molecular weight excluding hydrogens is 192 g/mol. The van der Waals surface area contributed by atoms with Gasteiger partial charge in [0, 0.05) is 31.6 Å². The average Bonchev–Trinajstić information content (AvgIpc) is 2.67. The number of hydrogen-bond acceptors (Lipinski definition) is 5. The van der Waals surface area contributed by atoms with Crippen molar-refractivity contribution < 1.29 is 4.42 Å². The van der Waals surface area contributed by atoms with Crippen LogP contribution in [0.4, 0.5) is 6.01 Å². The summed E-state index contributed by atoms with van der Waals surface area (Å²) in [6, 6.07) is 0.654. The Morgan fingerprint density at radius 3 is 2.40 bits per heavy atom. The normalized spacial score (nSPS) is 18.2. The third-order valence-corrected chi connectivity index (χ3v) is 2.44. The largest absolute Gasteiger partial charge is 0.407 e. The molecule has 0 atom stereocenters. The minimum Gasteiger partial charge on any atom is -0.407 e. The summed E-state index contributed by atoms with van der Waals surface area (Å²) in [6.45, 7) is 10.0. The van der Waals surface area contributed by atoms with Crippen LogP contribution in [0, 0.1) is 0 Å². The summed E-state index contributed by atoms with van der Waals surface area (Å²) >= 11 is 0. The van der Waals surface area contributed by atoms with Crippen molar-refractivity contribution in [3.05, 3.63) is 5.89 Å². The predicted octanol–water partition coefficient (Wildman–Crippen LogP) is 0.777. The van der Waals surface area contributed by atoms with E-state index in [1.807, 2.05) is 0 Å². The molecule has 0 spiro atoms. The quantitative estimate of drug-likeness (QED) is 0.742. The number of anilines is 1. The standard InChI is InChI=1S/C10H18N4O/c1-10(2,3)8-12-13-9(15-8)14-6-4-11-5-7-14/h11H,4-7H2,1-3H3. The summed E-state index contributed by atoms with van der Waals surface area (Å²) in [4.78, 5) is 2.12. The third kappa shape index (κ3) is 2.28. The first-order valence-corrected chi connectivity index (χ1v) is 5.37. The molecule has 0 aliphatic carbocycles. The molecule has 0 aromatic carbocycles. The van der Waals surface area contributed by atoms with Gasteiger partial charge in [-0.2, -0.15) is 0 Å². The zero-order chi connectivity index (χ0) is 10.9. The zero-order valence-electron chi connectivity index (χ0n) is 9.58. The smallest absolute Gasteiger partial charge is 0.318 e. The highest BCUT2D eigenvalue weighted by Crippen LogP contribution is 2.23. The third-order valence-electron chi connectivity index (χ3n) is 2.44. The van der Waals surface area contributed by atoms with Gasteiger partial charge in [-0.05, 0) is 0 Å². The first-order chi connectivity index (χ1) is 7.07. The molecule has 0 bridgehead atoms. The molecule has 1 aromatic heterocycles. The maximum absolute atomic E-state index is 5.66. The monoisotopic (exact) mass is 210 g/mol. The van der Waals surface area contributed by atoms with Crippen LogP contribution in [0.15, 0.2) is 4.42 Å². The first kappa shape index (κ1) is 10.4. The van der Waals surface area contributed by atoms with E-state index in [2.05, 4.69) is 41.2 Å². The van der Waals surface area contributed by atoms with Gasteiger partial charge in [0.05, 0.1) is 0 Å². The van der Waals surface area contributed by atoms with Crippen molar-refractivity contribution in [1.82, 2.24) is 15.5 Å². The Labute approximate surface area is 89.9 Å². The number of aromatic nitrogens is 2. The van der Waals surface area contributed by atoms with Crippen molar-refractivity contribution in [2.75, 3.05) is 31.1 Å². The maximum Gasteiger partial charge on any atom is 0.318 e. The topological polar surface area (TPSA) is 54.2 Å². The van der Waals surface area contributed by atoms with E-state index >= 15 is 0 Å². The number of nitrogens with zero attached hydrogens (tertiary/aromatic N) is 3. The van der Waals surface area contributed by atoms with Gasteiger partial charge in [0.2, 0.25) is 5.89 Å². The van der Waals surface area contributed by atoms with Gasteiger partial charge in [-0.1, -0.05) is 25.9 Å². The Hall–Kier alpha value is -1.10. The second-order valence-corrected chi connectivity index (χ2v) is 4.88. The lowest BCUT2D eigenvalue weighted by molar-refractivity contribution is 0.387. The Balaban J connectivity index is 2.12. The molecule has 5 nitrogen and oxygen atoms in total. The van der Waals surface area contributed by atoms with Crippen molar-refractivity contribution in [2.24, 2.45) is 0 Å². The summed E-state index contributed by atoms with van der Waals surface area (Å²) in [5.74, 6) is 0.705. The zero-order valence-corrected chi connectivity index (χ0v) is 9.58. The SMILES string of the molecule is CC(C)(C)c1nnc(N2CCNCC2)o1. The van der Waals surface area contributed by atoms with Gasteiger partial charge in [0.1, 0.15) is 0 Å². The molecule has 2 heterocycles. The van der Waals surface area contributed by atoms with Crippen LogP contribution in [0.1, 0.15) is 26.7 Å². The Morgan fingerprint density at radius 2 is 1.87 bits per heavy atom. The van der Waals surface area contributed by atoms with Crippen molar-refractivity contribution in [2.45, 2.75) is 26.2 Å². The number of piperazine rings is 1. The highest BCUT2D eigenvalue weighted by atomic mass is 16.4. The van der Waals surface area contributed by atoms with E-state index in [1.54, 1.807) is 0 Å². The van der Waals surface area contributed by atoms with Gasteiger partial charge in [-0.25, -0.2) is 0 Å². The van der Waals surface area contributed by atoms with Gasteiger partial charge >= 0.3 is 6.01 Å². The molecule has 1 N–H and O–H groups in total. The van der Waals surface area contributed by atoms with E-state index in [0.717, 1.165) is 26.2 Å². The molecule has 5 heteroatoms. The Morgan fingerprint density at radius 1 is 1.20 bits per heavy atom. The molecule has 0 amide bonds. The van der Waals surface area contributed by atoms with Crippen LogP contribution in [0.25, 0.3) is 0 Å². The molecule has 1 saturated heterocycles. The van der Waals surface area contributed by atoms with Crippen molar-refractivity contribution in [3.63, 3.8) is 0 Å². The second-order valence-electron chi connectivity index (χ2n) is 4.88. The summed E-state index contributed by atoms with van der Waals surface area (Å²) < 4.78 is 5.66. The molecular formula is C10H18N4O. The van der Waals surface area contributed by atoms with Gasteiger partial charge in [0.15, 0.2) is 0 Å². The van der Waals surface area contributed by atoms with Gasteiger partial charge in [0.25, 0.3) is 0 Å². The average molecular weight is 210 g/mol. The molecule has 0 radical (unpaired) electrons. The molecule has 84 valence electrons. The molecule has 0 unspecified atom stereocenters. The molecule has 1 fully saturated rings. The summed E-state index contributed by atoms with van der Waals surface area (Å²) in [6.07, 6.45) is 0. The van der Waals surface area contributed by atoms with Gasteiger partial charge in [-0.15, -0.1) is 5.10 Å². The van der Waals surface area contributed by atoms with E-state index < -0.39 is 0 Å². The minimum atomic E-state index is -0.0702. The minimum absolute atomic E-state index is 0.0702. The van der Waals surface area contributed by atoms with Gasteiger partial charge < -0.3 is 14.6 Å². The van der Waals surface area contributed by atoms with E-state index in [-0.39, 0.29) is 5.41 Å². The number of hydrogen-bond donors (Lipinski definition) is 1. The summed E-state index contributed by atoms with van der Waals surface area (Å²) in [5, 5.41) is 11.5. The molecule has 1 aliphatic rings. The van der Waals surface area contributed by atoms with E-state index in [4.69, 9.17) is 4.42 Å². The van der Waals surface area contributed by atoms with Crippen LogP contribution in [0.3, 0.4) is 0 Å². The summed E-state index contributed by atoms with van der Waals surface area (Å²) in [5.41, 5.74) is -0.0702. The fraction of sp³-hybridized carbons (Fsp3) is 0.800. The van der Waals surface area contributed by atoms with Crippen LogP contribution in [-0.2, 0) is 5.41 Å². The highest BCUT2D eigenvalue weighted by Gasteiger charge is 2.24. The molecule has 1 aliphatic heterocycles. The van der Waals surface area contributed by atoms with Crippen LogP contribution in [0.2, 0.25) is 0 Å². The van der Waals surface area contributed by atoms with E-state index in [0.29, 0.717) is 11.9 Å². The molecule has 1 aromatic rings. The number of rotatable bonds is 1. The lowest BCUT2D eigenvalue weighted by Crippen LogP contribution is -2.43. The van der Waals surface area contributed by atoms with Crippen LogP contribution in [-0.4, -0.2) is 36.4 Å². The first-order valence-electron chi connectivity index (χ1n) is 5.37. The molecule has 2 rings (SSSR count). The predicted molar refractivity (Wildman–Crippen MR) is 58.1 cm³/mol. The van der Waals surface area contributed by atoms with Crippen LogP contribution >= 0.6 is 0 Å².